The lowest BCUT2D eigenvalue weighted by Crippen LogP contribution is -2.45. The van der Waals surface area contributed by atoms with Crippen LogP contribution in [0.2, 0.25) is 5.02 Å². The van der Waals surface area contributed by atoms with Crippen LogP contribution in [-0.2, 0) is 0 Å². The summed E-state index contributed by atoms with van der Waals surface area (Å²) < 4.78 is 5.76. The molecule has 0 aliphatic heterocycles. The Hall–Kier alpha value is -2.87. The summed E-state index contributed by atoms with van der Waals surface area (Å²) in [6.07, 6.45) is 0. The fourth-order valence-electron chi connectivity index (χ4n) is 2.22. The number of nitrogens with one attached hydrogen (secondary N) is 4. The van der Waals surface area contributed by atoms with E-state index in [4.69, 9.17) is 40.8 Å². The first-order valence-corrected chi connectivity index (χ1v) is 9.51. The summed E-state index contributed by atoms with van der Waals surface area (Å²) in [6.45, 7) is 0. The second-order valence-corrected chi connectivity index (χ2v) is 6.80. The number of benzene rings is 3. The van der Waals surface area contributed by atoms with Crippen LogP contribution in [0.25, 0.3) is 0 Å². The standard InChI is InChI=1S/C20H17ClN4OS2/c21-17-8-4-5-9-18(17)23-20(28)25-24-19(27)22-14-10-12-16(13-11-14)26-15-6-2-1-3-7-15/h1-13H,(H2,22,24,27)(H2,23,25,28). The molecule has 0 bridgehead atoms. The quantitative estimate of drug-likeness (QED) is 0.331. The molecule has 8 heteroatoms. The van der Waals surface area contributed by atoms with Crippen LogP contribution in [0.1, 0.15) is 0 Å². The number of rotatable bonds is 4. The first-order chi connectivity index (χ1) is 13.6. The van der Waals surface area contributed by atoms with E-state index in [2.05, 4.69) is 21.5 Å². The molecule has 0 heterocycles. The van der Waals surface area contributed by atoms with Gasteiger partial charge >= 0.3 is 0 Å². The monoisotopic (exact) mass is 428 g/mol. The molecule has 4 N–H and O–H groups in total. The molecule has 28 heavy (non-hydrogen) atoms. The van der Waals surface area contributed by atoms with Crippen LogP contribution >= 0.6 is 36.0 Å². The minimum atomic E-state index is 0.337. The third-order valence-electron chi connectivity index (χ3n) is 3.50. The van der Waals surface area contributed by atoms with E-state index >= 15 is 0 Å². The van der Waals surface area contributed by atoms with E-state index in [0.29, 0.717) is 20.9 Å². The first kappa shape index (κ1) is 19.9. The van der Waals surface area contributed by atoms with E-state index in [9.17, 15) is 0 Å². The number of anilines is 2. The zero-order chi connectivity index (χ0) is 19.8. The number of thiocarbonyl (C=S) groups is 2. The van der Waals surface area contributed by atoms with Crippen molar-refractivity contribution in [1.29, 1.82) is 0 Å². The maximum atomic E-state index is 6.08. The molecule has 0 radical (unpaired) electrons. The second-order valence-electron chi connectivity index (χ2n) is 5.58. The number of para-hydroxylation sites is 2. The lowest BCUT2D eigenvalue weighted by Gasteiger charge is -2.15. The SMILES string of the molecule is S=C(NNC(=S)Nc1ccccc1Cl)Nc1ccc(Oc2ccccc2)cc1. The Kier molecular flexibility index (Phi) is 7.02. The fourth-order valence-corrected chi connectivity index (χ4v) is 2.74. The Morgan fingerprint density at radius 1 is 0.679 bits per heavy atom. The summed E-state index contributed by atoms with van der Waals surface area (Å²) in [7, 11) is 0. The minimum Gasteiger partial charge on any atom is -0.457 e. The van der Waals surface area contributed by atoms with Crippen LogP contribution in [0.15, 0.2) is 78.9 Å². The third-order valence-corrected chi connectivity index (χ3v) is 4.24. The fraction of sp³-hybridized carbons (Fsp3) is 0. The smallest absolute Gasteiger partial charge is 0.189 e. The molecule has 0 saturated carbocycles. The second kappa shape index (κ2) is 9.89. The van der Waals surface area contributed by atoms with Gasteiger partial charge in [0.15, 0.2) is 10.2 Å². The molecular weight excluding hydrogens is 412 g/mol. The third kappa shape index (κ3) is 6.09. The van der Waals surface area contributed by atoms with Gasteiger partial charge in [0.25, 0.3) is 0 Å². The zero-order valence-corrected chi connectivity index (χ0v) is 17.0. The van der Waals surface area contributed by atoms with E-state index in [1.165, 1.54) is 0 Å². The summed E-state index contributed by atoms with van der Waals surface area (Å²) in [5.74, 6) is 1.52. The number of halogens is 1. The predicted molar refractivity (Wildman–Crippen MR) is 123 cm³/mol. The molecule has 3 aromatic rings. The van der Waals surface area contributed by atoms with Gasteiger partial charge in [-0.1, -0.05) is 41.9 Å². The summed E-state index contributed by atoms with van der Waals surface area (Å²) in [4.78, 5) is 0. The predicted octanol–water partition coefficient (Wildman–Crippen LogP) is 5.32. The highest BCUT2D eigenvalue weighted by Crippen LogP contribution is 2.22. The molecule has 5 nitrogen and oxygen atoms in total. The van der Waals surface area contributed by atoms with Crippen LogP contribution in [0.4, 0.5) is 11.4 Å². The molecule has 0 saturated heterocycles. The van der Waals surface area contributed by atoms with Crippen molar-refractivity contribution >= 4 is 57.6 Å². The Morgan fingerprint density at radius 3 is 1.93 bits per heavy atom. The normalized spacial score (nSPS) is 9.89. The van der Waals surface area contributed by atoms with Crippen LogP contribution < -0.4 is 26.2 Å². The summed E-state index contributed by atoms with van der Waals surface area (Å²) in [6, 6.07) is 24.3. The lowest BCUT2D eigenvalue weighted by atomic mass is 10.3. The van der Waals surface area contributed by atoms with Crippen molar-refractivity contribution < 1.29 is 4.74 Å². The van der Waals surface area contributed by atoms with E-state index < -0.39 is 0 Å². The molecule has 0 amide bonds. The Bertz CT molecular complexity index is 952. The molecule has 0 fully saturated rings. The van der Waals surface area contributed by atoms with Crippen molar-refractivity contribution in [3.8, 4) is 11.5 Å². The van der Waals surface area contributed by atoms with Crippen molar-refractivity contribution in [3.05, 3.63) is 83.9 Å². The average Bonchev–Trinajstić information content (AvgIpc) is 2.70. The highest BCUT2D eigenvalue weighted by Gasteiger charge is 2.03. The average molecular weight is 429 g/mol. The molecule has 142 valence electrons. The topological polar surface area (TPSA) is 57.3 Å². The number of hydrogen-bond acceptors (Lipinski definition) is 3. The Balaban J connectivity index is 1.45. The van der Waals surface area contributed by atoms with Gasteiger partial charge in [-0.25, -0.2) is 0 Å². The minimum absolute atomic E-state index is 0.337. The van der Waals surface area contributed by atoms with Gasteiger partial charge in [0.1, 0.15) is 11.5 Å². The molecule has 0 aliphatic carbocycles. The number of hydrazine groups is 1. The van der Waals surface area contributed by atoms with Gasteiger partial charge in [0.2, 0.25) is 0 Å². The van der Waals surface area contributed by atoms with E-state index in [1.54, 1.807) is 6.07 Å². The molecular formula is C20H17ClN4OS2. The van der Waals surface area contributed by atoms with Crippen LogP contribution in [-0.4, -0.2) is 10.2 Å². The van der Waals surface area contributed by atoms with Gasteiger partial charge < -0.3 is 15.4 Å². The van der Waals surface area contributed by atoms with Crippen LogP contribution in [0.3, 0.4) is 0 Å². The van der Waals surface area contributed by atoms with E-state index in [-0.39, 0.29) is 0 Å². The summed E-state index contributed by atoms with van der Waals surface area (Å²) >= 11 is 16.5. The van der Waals surface area contributed by atoms with Crippen molar-refractivity contribution in [2.24, 2.45) is 0 Å². The van der Waals surface area contributed by atoms with Crippen LogP contribution in [0, 0.1) is 0 Å². The van der Waals surface area contributed by atoms with Gasteiger partial charge in [0.05, 0.1) is 10.7 Å². The van der Waals surface area contributed by atoms with Gasteiger partial charge in [0, 0.05) is 5.69 Å². The maximum absolute atomic E-state index is 6.08. The van der Waals surface area contributed by atoms with Gasteiger partial charge in [-0.2, -0.15) is 0 Å². The number of ether oxygens (including phenoxy) is 1. The molecule has 0 aliphatic rings. The van der Waals surface area contributed by atoms with Gasteiger partial charge in [-0.05, 0) is 73.0 Å². The molecule has 3 aromatic carbocycles. The van der Waals surface area contributed by atoms with Crippen molar-refractivity contribution in [2.45, 2.75) is 0 Å². The van der Waals surface area contributed by atoms with Crippen molar-refractivity contribution in [2.75, 3.05) is 10.6 Å². The van der Waals surface area contributed by atoms with Crippen molar-refractivity contribution in [3.63, 3.8) is 0 Å². The van der Waals surface area contributed by atoms with E-state index in [1.807, 2.05) is 72.8 Å². The Labute approximate surface area is 179 Å². The highest BCUT2D eigenvalue weighted by molar-refractivity contribution is 7.81. The lowest BCUT2D eigenvalue weighted by molar-refractivity contribution is 0.483. The molecule has 0 unspecified atom stereocenters. The van der Waals surface area contributed by atoms with Gasteiger partial charge in [-0.15, -0.1) is 0 Å². The number of hydrogen-bond donors (Lipinski definition) is 4. The first-order valence-electron chi connectivity index (χ1n) is 8.31. The summed E-state index contributed by atoms with van der Waals surface area (Å²) in [5.41, 5.74) is 7.14. The maximum Gasteiger partial charge on any atom is 0.189 e. The van der Waals surface area contributed by atoms with E-state index in [0.717, 1.165) is 17.2 Å². The molecule has 0 atom stereocenters. The van der Waals surface area contributed by atoms with Crippen LogP contribution in [0.5, 0.6) is 11.5 Å². The van der Waals surface area contributed by atoms with Gasteiger partial charge in [-0.3, -0.25) is 10.9 Å². The zero-order valence-electron chi connectivity index (χ0n) is 14.6. The Morgan fingerprint density at radius 2 is 1.25 bits per heavy atom. The van der Waals surface area contributed by atoms with Crippen molar-refractivity contribution in [1.82, 2.24) is 10.9 Å². The molecule has 0 aromatic heterocycles. The molecule has 0 spiro atoms. The largest absolute Gasteiger partial charge is 0.457 e. The molecule has 3 rings (SSSR count). The summed E-state index contributed by atoms with van der Waals surface area (Å²) in [5, 5.41) is 7.31. The highest BCUT2D eigenvalue weighted by atomic mass is 35.5.